The van der Waals surface area contributed by atoms with E-state index in [0.29, 0.717) is 12.5 Å². The highest BCUT2D eigenvalue weighted by Crippen LogP contribution is 2.27. The van der Waals surface area contributed by atoms with Crippen LogP contribution in [-0.4, -0.2) is 22.8 Å². The lowest BCUT2D eigenvalue weighted by molar-refractivity contribution is -0.149. The number of esters is 1. The van der Waals surface area contributed by atoms with Gasteiger partial charge in [0, 0.05) is 10.0 Å². The second kappa shape index (κ2) is 5.75. The fourth-order valence-corrected chi connectivity index (χ4v) is 1.85. The van der Waals surface area contributed by atoms with Crippen molar-refractivity contribution in [2.24, 2.45) is 0 Å². The molecule has 0 aliphatic rings. The van der Waals surface area contributed by atoms with Crippen LogP contribution in [0, 0.1) is 0 Å². The van der Waals surface area contributed by atoms with E-state index in [4.69, 9.17) is 9.15 Å². The summed E-state index contributed by atoms with van der Waals surface area (Å²) in [5.74, 6) is 0.241. The minimum atomic E-state index is -0.962. The fraction of sp³-hybridized carbons (Fsp3) is 0.357. The van der Waals surface area contributed by atoms with E-state index in [1.165, 1.54) is 0 Å². The number of nitrogens with zero attached hydrogens (tertiary/aromatic N) is 2. The summed E-state index contributed by atoms with van der Waals surface area (Å²) in [7, 11) is 0. The van der Waals surface area contributed by atoms with Crippen LogP contribution in [0.25, 0.3) is 11.5 Å². The van der Waals surface area contributed by atoms with Crippen molar-refractivity contribution in [1.82, 2.24) is 10.2 Å². The maximum Gasteiger partial charge on any atom is 0.321 e. The Morgan fingerprint density at radius 2 is 1.95 bits per heavy atom. The van der Waals surface area contributed by atoms with Gasteiger partial charge in [0.25, 0.3) is 0 Å². The highest BCUT2D eigenvalue weighted by Gasteiger charge is 2.37. The van der Waals surface area contributed by atoms with Crippen molar-refractivity contribution in [1.29, 1.82) is 0 Å². The average molecular weight is 339 g/mol. The first-order valence-electron chi connectivity index (χ1n) is 6.22. The molecule has 6 heteroatoms. The molecule has 0 fully saturated rings. The highest BCUT2D eigenvalue weighted by molar-refractivity contribution is 9.10. The second-order valence-electron chi connectivity index (χ2n) is 4.76. The smallest absolute Gasteiger partial charge is 0.321 e. The number of ether oxygens (including phenoxy) is 1. The fourth-order valence-electron chi connectivity index (χ4n) is 1.58. The van der Waals surface area contributed by atoms with E-state index in [1.54, 1.807) is 20.8 Å². The maximum atomic E-state index is 11.9. The average Bonchev–Trinajstić information content (AvgIpc) is 2.90. The third-order valence-corrected chi connectivity index (χ3v) is 3.37. The van der Waals surface area contributed by atoms with E-state index in [0.717, 1.165) is 10.0 Å². The molecule has 0 saturated carbocycles. The van der Waals surface area contributed by atoms with Crippen LogP contribution >= 0.6 is 15.9 Å². The van der Waals surface area contributed by atoms with Gasteiger partial charge in [-0.3, -0.25) is 4.79 Å². The number of halogens is 1. The summed E-state index contributed by atoms with van der Waals surface area (Å²) in [6.07, 6.45) is 0. The summed E-state index contributed by atoms with van der Waals surface area (Å²) in [6, 6.07) is 7.49. The van der Waals surface area contributed by atoms with Gasteiger partial charge in [-0.05, 0) is 45.0 Å². The van der Waals surface area contributed by atoms with Crippen LogP contribution in [-0.2, 0) is 14.9 Å². The molecular weight excluding hydrogens is 324 g/mol. The van der Waals surface area contributed by atoms with Gasteiger partial charge in [0.1, 0.15) is 5.41 Å². The lowest BCUT2D eigenvalue weighted by Gasteiger charge is -2.17. The van der Waals surface area contributed by atoms with Crippen LogP contribution in [0.3, 0.4) is 0 Å². The topological polar surface area (TPSA) is 65.2 Å². The van der Waals surface area contributed by atoms with Gasteiger partial charge in [-0.1, -0.05) is 15.9 Å². The first-order chi connectivity index (χ1) is 9.45. The number of benzene rings is 1. The van der Waals surface area contributed by atoms with Crippen molar-refractivity contribution in [2.45, 2.75) is 26.2 Å². The maximum absolute atomic E-state index is 11.9. The van der Waals surface area contributed by atoms with Gasteiger partial charge in [0.2, 0.25) is 11.8 Å². The zero-order valence-electron chi connectivity index (χ0n) is 11.5. The lowest BCUT2D eigenvalue weighted by Crippen LogP contribution is -2.31. The minimum Gasteiger partial charge on any atom is -0.465 e. The Bertz CT molecular complexity index is 605. The van der Waals surface area contributed by atoms with E-state index < -0.39 is 5.41 Å². The summed E-state index contributed by atoms with van der Waals surface area (Å²) in [5.41, 5.74) is -0.164. The number of carbonyl (C=O) groups is 1. The predicted octanol–water partition coefficient (Wildman–Crippen LogP) is 3.34. The third-order valence-electron chi connectivity index (χ3n) is 2.84. The Labute approximate surface area is 125 Å². The molecule has 0 aliphatic carbocycles. The molecule has 1 aromatic heterocycles. The Kier molecular flexibility index (Phi) is 4.23. The Morgan fingerprint density at radius 3 is 2.55 bits per heavy atom. The molecule has 20 heavy (non-hydrogen) atoms. The van der Waals surface area contributed by atoms with Crippen LogP contribution in [0.15, 0.2) is 33.2 Å². The third kappa shape index (κ3) is 2.90. The second-order valence-corrected chi connectivity index (χ2v) is 5.68. The molecule has 0 N–H and O–H groups in total. The molecule has 1 heterocycles. The molecule has 0 atom stereocenters. The monoisotopic (exact) mass is 338 g/mol. The number of aromatic nitrogens is 2. The van der Waals surface area contributed by atoms with Crippen LogP contribution in [0.4, 0.5) is 0 Å². The van der Waals surface area contributed by atoms with Crippen LogP contribution < -0.4 is 0 Å². The Balaban J connectivity index is 2.28. The SMILES string of the molecule is CCOC(=O)C(C)(C)c1nnc(-c2ccc(Br)cc2)o1. The largest absolute Gasteiger partial charge is 0.465 e. The van der Waals surface area contributed by atoms with Gasteiger partial charge in [0.05, 0.1) is 6.61 Å². The van der Waals surface area contributed by atoms with Crippen molar-refractivity contribution in [3.05, 3.63) is 34.6 Å². The lowest BCUT2D eigenvalue weighted by atomic mass is 9.94. The summed E-state index contributed by atoms with van der Waals surface area (Å²) in [6.45, 7) is 5.47. The molecule has 2 rings (SSSR count). The first-order valence-corrected chi connectivity index (χ1v) is 7.01. The number of rotatable bonds is 4. The molecule has 106 valence electrons. The number of hydrogen-bond acceptors (Lipinski definition) is 5. The van der Waals surface area contributed by atoms with Crippen molar-refractivity contribution in [2.75, 3.05) is 6.61 Å². The standard InChI is InChI=1S/C14H15BrN2O3/c1-4-19-13(18)14(2,3)12-17-16-11(20-12)9-5-7-10(15)8-6-9/h5-8H,4H2,1-3H3. The normalized spacial score (nSPS) is 11.4. The number of hydrogen-bond donors (Lipinski definition) is 0. The molecule has 0 bridgehead atoms. The summed E-state index contributed by atoms with van der Waals surface area (Å²) in [5, 5.41) is 7.95. The Morgan fingerprint density at radius 1 is 1.30 bits per heavy atom. The molecule has 5 nitrogen and oxygen atoms in total. The van der Waals surface area contributed by atoms with Gasteiger partial charge in [-0.2, -0.15) is 0 Å². The quantitative estimate of drug-likeness (QED) is 0.800. The summed E-state index contributed by atoms with van der Waals surface area (Å²) >= 11 is 3.36. The molecule has 0 spiro atoms. The molecule has 0 aliphatic heterocycles. The van der Waals surface area contributed by atoms with E-state index in [-0.39, 0.29) is 11.9 Å². The molecule has 2 aromatic rings. The van der Waals surface area contributed by atoms with E-state index in [9.17, 15) is 4.79 Å². The molecule has 0 saturated heterocycles. The van der Waals surface area contributed by atoms with E-state index >= 15 is 0 Å². The van der Waals surface area contributed by atoms with E-state index in [2.05, 4.69) is 26.1 Å². The van der Waals surface area contributed by atoms with Crippen molar-refractivity contribution >= 4 is 21.9 Å². The first kappa shape index (κ1) is 14.7. The zero-order chi connectivity index (χ0) is 14.8. The molecule has 1 aromatic carbocycles. The van der Waals surface area contributed by atoms with Gasteiger partial charge in [-0.15, -0.1) is 10.2 Å². The van der Waals surface area contributed by atoms with Crippen LogP contribution in [0.1, 0.15) is 26.7 Å². The minimum absolute atomic E-state index is 0.244. The highest BCUT2D eigenvalue weighted by atomic mass is 79.9. The molecule has 0 radical (unpaired) electrons. The van der Waals surface area contributed by atoms with Gasteiger partial charge in [-0.25, -0.2) is 0 Å². The van der Waals surface area contributed by atoms with Crippen molar-refractivity contribution in [3.8, 4) is 11.5 Å². The molecule has 0 amide bonds. The number of carbonyl (C=O) groups excluding carboxylic acids is 1. The zero-order valence-corrected chi connectivity index (χ0v) is 13.1. The van der Waals surface area contributed by atoms with Gasteiger partial charge >= 0.3 is 5.97 Å². The van der Waals surface area contributed by atoms with Gasteiger partial charge in [0.15, 0.2) is 0 Å². The van der Waals surface area contributed by atoms with E-state index in [1.807, 2.05) is 24.3 Å². The van der Waals surface area contributed by atoms with Gasteiger partial charge < -0.3 is 9.15 Å². The van der Waals surface area contributed by atoms with Crippen LogP contribution in [0.5, 0.6) is 0 Å². The van der Waals surface area contributed by atoms with Crippen molar-refractivity contribution < 1.29 is 13.9 Å². The van der Waals surface area contributed by atoms with Crippen molar-refractivity contribution in [3.63, 3.8) is 0 Å². The summed E-state index contributed by atoms with van der Waals surface area (Å²) < 4.78 is 11.6. The molecule has 0 unspecified atom stereocenters. The molecular formula is C14H15BrN2O3. The Hall–Kier alpha value is -1.69. The van der Waals surface area contributed by atoms with Crippen LogP contribution in [0.2, 0.25) is 0 Å². The summed E-state index contributed by atoms with van der Waals surface area (Å²) in [4.78, 5) is 11.9. The predicted molar refractivity (Wildman–Crippen MR) is 77.1 cm³/mol.